The van der Waals surface area contributed by atoms with E-state index in [1.807, 2.05) is 12.1 Å². The largest absolute Gasteiger partial charge is 0.465 e. The highest BCUT2D eigenvalue weighted by atomic mass is 16.5. The molecular formula is C42H24N2O8. The highest BCUT2D eigenvalue weighted by Crippen LogP contribution is 2.59. The summed E-state index contributed by atoms with van der Waals surface area (Å²) in [5, 5.41) is 1.80. The number of carbonyl (C=O) groups is 2. The van der Waals surface area contributed by atoms with Crippen LogP contribution in [0.25, 0.3) is 67.4 Å². The Labute approximate surface area is 293 Å². The van der Waals surface area contributed by atoms with Crippen molar-refractivity contribution < 1.29 is 36.7 Å². The van der Waals surface area contributed by atoms with Crippen LogP contribution in [-0.4, -0.2) is 36.1 Å². The first-order chi connectivity index (χ1) is 25.5. The minimum atomic E-state index is -0.494. The van der Waals surface area contributed by atoms with Crippen molar-refractivity contribution in [1.82, 2.24) is 9.97 Å². The molecule has 5 aromatic carbocycles. The zero-order valence-corrected chi connectivity index (χ0v) is 27.6. The molecule has 2 bridgehead atoms. The molecule has 10 nitrogen and oxygen atoms in total. The van der Waals surface area contributed by atoms with Gasteiger partial charge in [-0.15, -0.1) is 0 Å². The third-order valence-corrected chi connectivity index (χ3v) is 10.4. The van der Waals surface area contributed by atoms with Gasteiger partial charge in [0.1, 0.15) is 22.2 Å². The highest BCUT2D eigenvalue weighted by Gasteiger charge is 2.45. The van der Waals surface area contributed by atoms with Crippen LogP contribution in [-0.2, 0) is 9.47 Å². The third-order valence-electron chi connectivity index (χ3n) is 10.4. The Hall–Kier alpha value is -6.94. The minimum absolute atomic E-state index is 0.0546. The van der Waals surface area contributed by atoms with E-state index in [0.29, 0.717) is 44.8 Å². The third kappa shape index (κ3) is 3.77. The van der Waals surface area contributed by atoms with E-state index in [2.05, 4.69) is 58.5 Å². The number of rotatable bonds is 4. The number of carbonyl (C=O) groups excluding carboxylic acids is 2. The fourth-order valence-corrected chi connectivity index (χ4v) is 8.24. The van der Waals surface area contributed by atoms with Crippen LogP contribution in [0.1, 0.15) is 65.9 Å². The molecule has 4 aromatic heterocycles. The Bertz CT molecular complexity index is 2830. The molecule has 0 aliphatic heterocycles. The van der Waals surface area contributed by atoms with Crippen molar-refractivity contribution >= 4 is 56.1 Å². The maximum Gasteiger partial charge on any atom is 0.340 e. The summed E-state index contributed by atoms with van der Waals surface area (Å²) in [6, 6.07) is 31.2. The van der Waals surface area contributed by atoms with Crippen molar-refractivity contribution in [1.29, 1.82) is 0 Å². The first-order valence-corrected chi connectivity index (χ1v) is 16.7. The van der Waals surface area contributed by atoms with Gasteiger partial charge in [0.25, 0.3) is 11.8 Å². The van der Waals surface area contributed by atoms with Crippen molar-refractivity contribution in [2.45, 2.75) is 11.8 Å². The molecule has 12 rings (SSSR count). The molecule has 0 fully saturated rings. The van der Waals surface area contributed by atoms with Gasteiger partial charge in [-0.3, -0.25) is 0 Å². The van der Waals surface area contributed by atoms with E-state index in [-0.39, 0.29) is 23.6 Å². The van der Waals surface area contributed by atoms with E-state index in [4.69, 9.17) is 27.1 Å². The molecule has 0 spiro atoms. The van der Waals surface area contributed by atoms with Gasteiger partial charge in [-0.05, 0) is 58.7 Å². The Balaban J connectivity index is 1.10. The summed E-state index contributed by atoms with van der Waals surface area (Å²) in [5.74, 6) is 0.188. The van der Waals surface area contributed by atoms with E-state index < -0.39 is 11.9 Å². The van der Waals surface area contributed by atoms with E-state index in [1.54, 1.807) is 36.4 Å². The number of hydrogen-bond donors (Lipinski definition) is 0. The molecule has 10 heteroatoms. The Morgan fingerprint density at radius 3 is 1.50 bits per heavy atom. The van der Waals surface area contributed by atoms with Gasteiger partial charge in [-0.2, -0.15) is 0 Å². The van der Waals surface area contributed by atoms with E-state index in [0.717, 1.165) is 44.2 Å². The maximum absolute atomic E-state index is 12.5. The zero-order chi connectivity index (χ0) is 34.8. The number of oxazole rings is 2. The van der Waals surface area contributed by atoms with Crippen LogP contribution in [0.4, 0.5) is 0 Å². The van der Waals surface area contributed by atoms with E-state index >= 15 is 0 Å². The average molecular weight is 685 g/mol. The molecule has 52 heavy (non-hydrogen) atoms. The van der Waals surface area contributed by atoms with Crippen molar-refractivity contribution in [3.05, 3.63) is 142 Å². The molecule has 0 radical (unpaired) electrons. The minimum Gasteiger partial charge on any atom is -0.465 e. The summed E-state index contributed by atoms with van der Waals surface area (Å²) in [6.45, 7) is 0. The fourth-order valence-electron chi connectivity index (χ4n) is 8.24. The first-order valence-electron chi connectivity index (χ1n) is 16.7. The number of esters is 2. The van der Waals surface area contributed by atoms with Gasteiger partial charge in [-0.1, -0.05) is 60.7 Å². The second-order valence-corrected chi connectivity index (χ2v) is 13.0. The quantitative estimate of drug-likeness (QED) is 0.165. The van der Waals surface area contributed by atoms with Gasteiger partial charge >= 0.3 is 11.9 Å². The molecule has 9 aromatic rings. The van der Waals surface area contributed by atoms with Crippen LogP contribution in [0.3, 0.4) is 0 Å². The van der Waals surface area contributed by atoms with E-state index in [9.17, 15) is 9.59 Å². The molecule has 0 unspecified atom stereocenters. The summed E-state index contributed by atoms with van der Waals surface area (Å²) in [5.41, 5.74) is 10.7. The van der Waals surface area contributed by atoms with Crippen LogP contribution < -0.4 is 0 Å². The normalized spacial score (nSPS) is 15.7. The molecular weight excluding hydrogens is 660 g/mol. The molecule has 0 amide bonds. The SMILES string of the molecule is COC(=O)c1cccc2oc(-c3cc4ccc5c(c4o3)C3c4ccccc4C5c4ccc5cc(-c6nc7c(C(=O)OC)cccc7o6)oc5c43)nc12. The number of ether oxygens (including phenoxy) is 2. The smallest absolute Gasteiger partial charge is 0.340 e. The first kappa shape index (κ1) is 28.9. The van der Waals surface area contributed by atoms with Gasteiger partial charge in [0.2, 0.25) is 0 Å². The second-order valence-electron chi connectivity index (χ2n) is 13.0. The number of hydrogen-bond acceptors (Lipinski definition) is 10. The second kappa shape index (κ2) is 10.3. The lowest BCUT2D eigenvalue weighted by Crippen LogP contribution is -2.27. The van der Waals surface area contributed by atoms with Crippen LogP contribution in [0.15, 0.2) is 115 Å². The van der Waals surface area contributed by atoms with Gasteiger partial charge in [-0.25, -0.2) is 19.6 Å². The maximum atomic E-state index is 12.5. The van der Waals surface area contributed by atoms with Crippen LogP contribution in [0.5, 0.6) is 0 Å². The highest BCUT2D eigenvalue weighted by molar-refractivity contribution is 6.03. The van der Waals surface area contributed by atoms with Crippen LogP contribution >= 0.6 is 0 Å². The van der Waals surface area contributed by atoms with E-state index in [1.165, 1.54) is 25.3 Å². The lowest BCUT2D eigenvalue weighted by molar-refractivity contribution is 0.0594. The Morgan fingerprint density at radius 1 is 0.538 bits per heavy atom. The van der Waals surface area contributed by atoms with Crippen molar-refractivity contribution in [2.24, 2.45) is 0 Å². The molecule has 4 heterocycles. The monoisotopic (exact) mass is 684 g/mol. The van der Waals surface area contributed by atoms with Gasteiger partial charge in [0.05, 0.1) is 25.3 Å². The number of fused-ring (bicyclic) bond motifs is 4. The summed E-state index contributed by atoms with van der Waals surface area (Å²) in [4.78, 5) is 34.2. The zero-order valence-electron chi connectivity index (χ0n) is 27.6. The number of methoxy groups -OCH3 is 2. The molecule has 3 aliphatic carbocycles. The summed E-state index contributed by atoms with van der Waals surface area (Å²) >= 11 is 0. The molecule has 0 atom stereocenters. The van der Waals surface area contributed by atoms with Crippen LogP contribution in [0, 0.1) is 0 Å². The van der Waals surface area contributed by atoms with Gasteiger partial charge in [0, 0.05) is 33.7 Å². The lowest BCUT2D eigenvalue weighted by atomic mass is 9.60. The van der Waals surface area contributed by atoms with Crippen molar-refractivity contribution in [3.8, 4) is 23.3 Å². The average Bonchev–Trinajstić information content (AvgIpc) is 4.00. The van der Waals surface area contributed by atoms with Gasteiger partial charge in [0.15, 0.2) is 22.7 Å². The number of furan rings is 2. The summed E-state index contributed by atoms with van der Waals surface area (Å²) in [7, 11) is 2.67. The predicted molar refractivity (Wildman–Crippen MR) is 189 cm³/mol. The fraction of sp³-hybridized carbons (Fsp3) is 0.0952. The predicted octanol–water partition coefficient (Wildman–Crippen LogP) is 9.36. The lowest BCUT2D eigenvalue weighted by Gasteiger charge is -2.41. The molecule has 250 valence electrons. The van der Waals surface area contributed by atoms with Crippen molar-refractivity contribution in [3.63, 3.8) is 0 Å². The molecule has 0 saturated carbocycles. The number of para-hydroxylation sites is 2. The molecule has 0 saturated heterocycles. The van der Waals surface area contributed by atoms with Gasteiger partial charge < -0.3 is 27.1 Å². The van der Waals surface area contributed by atoms with Crippen molar-refractivity contribution in [2.75, 3.05) is 14.2 Å². The summed E-state index contributed by atoms with van der Waals surface area (Å²) < 4.78 is 35.5. The number of aromatic nitrogens is 2. The Kier molecular flexibility index (Phi) is 5.72. The number of nitrogens with zero attached hydrogens (tertiary/aromatic N) is 2. The molecule has 0 N–H and O–H groups in total. The topological polar surface area (TPSA) is 131 Å². The summed E-state index contributed by atoms with van der Waals surface area (Å²) in [6.07, 6.45) is 0. The van der Waals surface area contributed by atoms with Crippen LogP contribution in [0.2, 0.25) is 0 Å². The Morgan fingerprint density at radius 2 is 1.02 bits per heavy atom. The number of benzene rings is 5. The standard InChI is InChI=1S/C42H24N2O8/c1-47-41(45)25-9-5-11-27-35(25)43-39(51-27)29-17-19-13-15-23-31-21-7-3-4-8-22(21)32(33(23)37(19)49-29)34-24(31)16-14-20-18-30(50-38(20)34)40-44-36-26(42(46)48-2)10-6-12-28(36)52-40/h3-18,31-32H,1-2H3. The molecule has 3 aliphatic rings.